The predicted molar refractivity (Wildman–Crippen MR) is 81.7 cm³/mol. The van der Waals surface area contributed by atoms with E-state index in [4.69, 9.17) is 39.1 Å². The van der Waals surface area contributed by atoms with E-state index in [1.54, 1.807) is 36.4 Å². The van der Waals surface area contributed by atoms with Gasteiger partial charge >= 0.3 is 0 Å². The quantitative estimate of drug-likeness (QED) is 0.608. The first-order valence-corrected chi connectivity index (χ1v) is 6.79. The largest absolute Gasteiger partial charge is 0.455 e. The van der Waals surface area contributed by atoms with Crippen LogP contribution in [-0.2, 0) is 0 Å². The van der Waals surface area contributed by atoms with Crippen molar-refractivity contribution in [1.82, 2.24) is 0 Å². The van der Waals surface area contributed by atoms with E-state index in [9.17, 15) is 0 Å². The van der Waals surface area contributed by atoms with Crippen molar-refractivity contribution in [2.75, 3.05) is 0 Å². The molecule has 0 unspecified atom stereocenters. The van der Waals surface area contributed by atoms with Crippen LogP contribution >= 0.6 is 39.1 Å². The van der Waals surface area contributed by atoms with E-state index in [1.165, 1.54) is 0 Å². The van der Waals surface area contributed by atoms with Gasteiger partial charge < -0.3 is 10.5 Å². The molecule has 0 saturated heterocycles. The second kappa shape index (κ2) is 5.82. The summed E-state index contributed by atoms with van der Waals surface area (Å²) in [6.45, 7) is 0. The Balaban J connectivity index is 2.31. The first-order valence-electron chi connectivity index (χ1n) is 5.24. The SMILES string of the molecule is N=C(N)c1ccc(Oc2ccc(Cl)cc2Cl)c(Br)c1. The van der Waals surface area contributed by atoms with Gasteiger partial charge in [0.05, 0.1) is 9.50 Å². The lowest BCUT2D eigenvalue weighted by Crippen LogP contribution is -2.10. The monoisotopic (exact) mass is 358 g/mol. The van der Waals surface area contributed by atoms with Gasteiger partial charge in [0.2, 0.25) is 0 Å². The summed E-state index contributed by atoms with van der Waals surface area (Å²) in [5.41, 5.74) is 6.02. The highest BCUT2D eigenvalue weighted by Gasteiger charge is 2.08. The van der Waals surface area contributed by atoms with E-state index >= 15 is 0 Å². The second-order valence-electron chi connectivity index (χ2n) is 3.74. The van der Waals surface area contributed by atoms with Crippen molar-refractivity contribution >= 4 is 45.0 Å². The smallest absolute Gasteiger partial charge is 0.146 e. The Morgan fingerprint density at radius 1 is 1.11 bits per heavy atom. The fourth-order valence-corrected chi connectivity index (χ4v) is 2.33. The summed E-state index contributed by atoms with van der Waals surface area (Å²) in [5.74, 6) is 1.08. The Kier molecular flexibility index (Phi) is 4.34. The third-order valence-electron chi connectivity index (χ3n) is 2.36. The lowest BCUT2D eigenvalue weighted by Gasteiger charge is -2.10. The van der Waals surface area contributed by atoms with Gasteiger partial charge in [-0.1, -0.05) is 23.2 Å². The number of halogens is 3. The Labute approximate surface area is 128 Å². The molecule has 0 bridgehead atoms. The van der Waals surface area contributed by atoms with Gasteiger partial charge in [0.1, 0.15) is 17.3 Å². The van der Waals surface area contributed by atoms with Crippen LogP contribution in [0.5, 0.6) is 11.5 Å². The summed E-state index contributed by atoms with van der Waals surface area (Å²) in [6.07, 6.45) is 0. The lowest BCUT2D eigenvalue weighted by molar-refractivity contribution is 0.480. The van der Waals surface area contributed by atoms with Gasteiger partial charge in [-0.15, -0.1) is 0 Å². The first kappa shape index (κ1) is 14.2. The van der Waals surface area contributed by atoms with Gasteiger partial charge in [0, 0.05) is 10.6 Å². The number of ether oxygens (including phenoxy) is 1. The maximum Gasteiger partial charge on any atom is 0.146 e. The van der Waals surface area contributed by atoms with Crippen LogP contribution in [0.25, 0.3) is 0 Å². The van der Waals surface area contributed by atoms with Crippen LogP contribution in [-0.4, -0.2) is 5.84 Å². The van der Waals surface area contributed by atoms with Crippen LogP contribution in [0.1, 0.15) is 5.56 Å². The van der Waals surface area contributed by atoms with E-state index in [2.05, 4.69) is 15.9 Å². The number of nitrogens with two attached hydrogens (primary N) is 1. The summed E-state index contributed by atoms with van der Waals surface area (Å²) in [5, 5.41) is 8.33. The standard InChI is InChI=1S/C13H9BrCl2N2O/c14-9-5-7(13(17)18)1-3-11(9)19-12-4-2-8(15)6-10(12)16/h1-6H,(H3,17,18). The molecule has 3 N–H and O–H groups in total. The molecule has 0 heterocycles. The molecule has 2 rings (SSSR count). The van der Waals surface area contributed by atoms with Crippen molar-refractivity contribution in [2.24, 2.45) is 5.73 Å². The van der Waals surface area contributed by atoms with Gasteiger partial charge in [-0.3, -0.25) is 5.41 Å². The minimum Gasteiger partial charge on any atom is -0.455 e. The van der Waals surface area contributed by atoms with E-state index < -0.39 is 0 Å². The van der Waals surface area contributed by atoms with Gasteiger partial charge in [-0.25, -0.2) is 0 Å². The zero-order valence-corrected chi connectivity index (χ0v) is 12.7. The highest BCUT2D eigenvalue weighted by Crippen LogP contribution is 2.35. The number of rotatable bonds is 3. The molecular weight excluding hydrogens is 351 g/mol. The summed E-state index contributed by atoms with van der Waals surface area (Å²) in [6, 6.07) is 10.1. The van der Waals surface area contributed by atoms with E-state index in [0.29, 0.717) is 31.6 Å². The highest BCUT2D eigenvalue weighted by atomic mass is 79.9. The van der Waals surface area contributed by atoms with Crippen molar-refractivity contribution < 1.29 is 4.74 Å². The Bertz CT molecular complexity index is 647. The van der Waals surface area contributed by atoms with Crippen molar-refractivity contribution in [3.05, 3.63) is 56.5 Å². The molecule has 0 aromatic heterocycles. The fourth-order valence-electron chi connectivity index (χ4n) is 1.43. The van der Waals surface area contributed by atoms with Crippen LogP contribution in [0.4, 0.5) is 0 Å². The van der Waals surface area contributed by atoms with Crippen LogP contribution in [0.15, 0.2) is 40.9 Å². The average molecular weight is 360 g/mol. The summed E-state index contributed by atoms with van der Waals surface area (Å²) in [4.78, 5) is 0. The molecule has 98 valence electrons. The zero-order valence-electron chi connectivity index (χ0n) is 9.58. The van der Waals surface area contributed by atoms with Gasteiger partial charge in [0.25, 0.3) is 0 Å². The third-order valence-corrected chi connectivity index (χ3v) is 3.51. The predicted octanol–water partition coefficient (Wildman–Crippen LogP) is 4.83. The number of amidine groups is 1. The number of benzene rings is 2. The normalized spacial score (nSPS) is 10.3. The molecule has 6 heteroatoms. The van der Waals surface area contributed by atoms with Gasteiger partial charge in [-0.05, 0) is 52.3 Å². The Hall–Kier alpha value is -1.23. The van der Waals surface area contributed by atoms with E-state index in [-0.39, 0.29) is 5.84 Å². The number of nitrogen functional groups attached to an aromatic ring is 1. The fraction of sp³-hybridized carbons (Fsp3) is 0. The van der Waals surface area contributed by atoms with Crippen molar-refractivity contribution in [3.63, 3.8) is 0 Å². The molecule has 19 heavy (non-hydrogen) atoms. The molecule has 0 amide bonds. The lowest BCUT2D eigenvalue weighted by atomic mass is 10.2. The van der Waals surface area contributed by atoms with Crippen LogP contribution in [0.2, 0.25) is 10.0 Å². The molecule has 0 aliphatic heterocycles. The number of hydrogen-bond acceptors (Lipinski definition) is 2. The van der Waals surface area contributed by atoms with E-state index in [0.717, 1.165) is 0 Å². The number of hydrogen-bond donors (Lipinski definition) is 2. The van der Waals surface area contributed by atoms with Crippen LogP contribution < -0.4 is 10.5 Å². The Morgan fingerprint density at radius 2 is 1.79 bits per heavy atom. The van der Waals surface area contributed by atoms with Gasteiger partial charge in [0.15, 0.2) is 0 Å². The third kappa shape index (κ3) is 3.41. The molecule has 0 atom stereocenters. The van der Waals surface area contributed by atoms with Gasteiger partial charge in [-0.2, -0.15) is 0 Å². The van der Waals surface area contributed by atoms with Crippen molar-refractivity contribution in [3.8, 4) is 11.5 Å². The molecule has 0 fully saturated rings. The highest BCUT2D eigenvalue weighted by molar-refractivity contribution is 9.10. The van der Waals surface area contributed by atoms with Crippen LogP contribution in [0.3, 0.4) is 0 Å². The molecule has 2 aromatic rings. The maximum absolute atomic E-state index is 7.36. The molecule has 0 saturated carbocycles. The van der Waals surface area contributed by atoms with E-state index in [1.807, 2.05) is 0 Å². The molecule has 0 radical (unpaired) electrons. The second-order valence-corrected chi connectivity index (χ2v) is 5.43. The Morgan fingerprint density at radius 3 is 2.37 bits per heavy atom. The first-order chi connectivity index (χ1) is 8.97. The molecule has 3 nitrogen and oxygen atoms in total. The molecule has 0 spiro atoms. The van der Waals surface area contributed by atoms with Crippen molar-refractivity contribution in [1.29, 1.82) is 5.41 Å². The molecule has 2 aromatic carbocycles. The topological polar surface area (TPSA) is 59.1 Å². The maximum atomic E-state index is 7.36. The number of nitrogens with one attached hydrogen (secondary N) is 1. The average Bonchev–Trinajstić information content (AvgIpc) is 2.34. The summed E-state index contributed by atoms with van der Waals surface area (Å²) < 4.78 is 6.37. The molecular formula is C13H9BrCl2N2O. The molecule has 0 aliphatic rings. The van der Waals surface area contributed by atoms with Crippen molar-refractivity contribution in [2.45, 2.75) is 0 Å². The van der Waals surface area contributed by atoms with Crippen LogP contribution in [0, 0.1) is 5.41 Å². The molecule has 0 aliphatic carbocycles. The zero-order chi connectivity index (χ0) is 14.0. The summed E-state index contributed by atoms with van der Waals surface area (Å²) in [7, 11) is 0. The minimum absolute atomic E-state index is 0.00299. The summed E-state index contributed by atoms with van der Waals surface area (Å²) >= 11 is 15.2. The minimum atomic E-state index is -0.00299.